The van der Waals surface area contributed by atoms with Crippen LogP contribution in [0.2, 0.25) is 0 Å². The summed E-state index contributed by atoms with van der Waals surface area (Å²) >= 11 is 1.47. The van der Waals surface area contributed by atoms with Crippen LogP contribution in [0, 0.1) is 0 Å². The first-order valence-corrected chi connectivity index (χ1v) is 7.67. The van der Waals surface area contributed by atoms with Crippen LogP contribution in [0.5, 0.6) is 0 Å². The van der Waals surface area contributed by atoms with E-state index in [-0.39, 0.29) is 5.91 Å². The van der Waals surface area contributed by atoms with E-state index in [1.54, 1.807) is 0 Å². The van der Waals surface area contributed by atoms with E-state index in [1.807, 2.05) is 0 Å². The van der Waals surface area contributed by atoms with Crippen molar-refractivity contribution in [3.63, 3.8) is 0 Å². The summed E-state index contributed by atoms with van der Waals surface area (Å²) in [4.78, 5) is 22.5. The van der Waals surface area contributed by atoms with Crippen LogP contribution < -0.4 is 5.32 Å². The number of hydrogen-bond acceptors (Lipinski definition) is 5. The van der Waals surface area contributed by atoms with Gasteiger partial charge in [-0.3, -0.25) is 4.79 Å². The van der Waals surface area contributed by atoms with E-state index in [9.17, 15) is 4.79 Å². The van der Waals surface area contributed by atoms with E-state index < -0.39 is 0 Å². The molecule has 5 nitrogen and oxygen atoms in total. The Morgan fingerprint density at radius 2 is 2.10 bits per heavy atom. The molecule has 1 amide bonds. The van der Waals surface area contributed by atoms with Crippen molar-refractivity contribution in [1.82, 2.24) is 14.9 Å². The van der Waals surface area contributed by atoms with Gasteiger partial charge in [0.05, 0.1) is 4.70 Å². The van der Waals surface area contributed by atoms with Gasteiger partial charge in [0.25, 0.3) is 0 Å². The second-order valence-electron chi connectivity index (χ2n) is 5.34. The molecule has 20 heavy (non-hydrogen) atoms. The highest BCUT2D eigenvalue weighted by Crippen LogP contribution is 2.30. The van der Waals surface area contributed by atoms with Gasteiger partial charge in [-0.05, 0) is 45.1 Å². The van der Waals surface area contributed by atoms with Gasteiger partial charge in [-0.25, -0.2) is 4.98 Å². The number of carbonyl (C=O) groups excluding carboxylic acids is 1. The molecule has 1 N–H and O–H groups in total. The molecule has 0 spiro atoms. The third-order valence-electron chi connectivity index (χ3n) is 3.69. The fourth-order valence-corrected chi connectivity index (χ4v) is 3.42. The topological polar surface area (TPSA) is 58.1 Å². The smallest absolute Gasteiger partial charge is 0.223 e. The molecule has 0 atom stereocenters. The number of hydrogen-bond donors (Lipinski definition) is 1. The molecule has 3 heterocycles. The minimum atomic E-state index is -0.0976. The van der Waals surface area contributed by atoms with Crippen LogP contribution in [0.25, 0.3) is 10.3 Å². The van der Waals surface area contributed by atoms with Crippen molar-refractivity contribution < 1.29 is 4.79 Å². The van der Waals surface area contributed by atoms with Crippen molar-refractivity contribution in [3.05, 3.63) is 17.8 Å². The molecule has 0 aromatic carbocycles. The van der Waals surface area contributed by atoms with Gasteiger partial charge >= 0.3 is 0 Å². The molecule has 106 valence electrons. The number of pyridine rings is 1. The van der Waals surface area contributed by atoms with Crippen molar-refractivity contribution >= 4 is 32.7 Å². The molecule has 2 aromatic heterocycles. The van der Waals surface area contributed by atoms with Crippen LogP contribution in [0.15, 0.2) is 12.1 Å². The molecule has 1 aliphatic heterocycles. The maximum atomic E-state index is 11.1. The van der Waals surface area contributed by atoms with E-state index in [1.165, 1.54) is 18.3 Å². The highest BCUT2D eigenvalue weighted by molar-refractivity contribution is 7.22. The van der Waals surface area contributed by atoms with Crippen LogP contribution in [0.4, 0.5) is 5.13 Å². The van der Waals surface area contributed by atoms with Crippen LogP contribution >= 0.6 is 11.3 Å². The Labute approximate surface area is 122 Å². The van der Waals surface area contributed by atoms with Crippen molar-refractivity contribution in [3.8, 4) is 0 Å². The average molecular weight is 290 g/mol. The zero-order valence-corrected chi connectivity index (χ0v) is 12.5. The van der Waals surface area contributed by atoms with Gasteiger partial charge in [0.1, 0.15) is 0 Å². The van der Waals surface area contributed by atoms with Crippen LogP contribution in [-0.4, -0.2) is 40.9 Å². The minimum absolute atomic E-state index is 0.0976. The minimum Gasteiger partial charge on any atom is -0.306 e. The fourth-order valence-electron chi connectivity index (χ4n) is 2.57. The molecule has 3 rings (SSSR count). The molecule has 2 aromatic rings. The Morgan fingerprint density at radius 3 is 2.80 bits per heavy atom. The second-order valence-corrected chi connectivity index (χ2v) is 6.37. The van der Waals surface area contributed by atoms with Gasteiger partial charge in [-0.1, -0.05) is 11.3 Å². The van der Waals surface area contributed by atoms with Crippen LogP contribution in [0.3, 0.4) is 0 Å². The Hall–Kier alpha value is -1.53. The van der Waals surface area contributed by atoms with Gasteiger partial charge in [-0.2, -0.15) is 4.98 Å². The molecule has 1 aliphatic rings. The summed E-state index contributed by atoms with van der Waals surface area (Å²) in [5.74, 6) is 0.432. The quantitative estimate of drug-likeness (QED) is 0.923. The Balaban J connectivity index is 1.84. The monoisotopic (exact) mass is 290 g/mol. The number of amides is 1. The molecule has 0 saturated carbocycles. The molecule has 0 radical (unpaired) electrons. The molecular formula is C14H18N4OS. The van der Waals surface area contributed by atoms with Gasteiger partial charge in [0.15, 0.2) is 10.8 Å². The summed E-state index contributed by atoms with van der Waals surface area (Å²) < 4.78 is 1.02. The number of piperidine rings is 1. The van der Waals surface area contributed by atoms with Crippen molar-refractivity contribution in [2.45, 2.75) is 25.7 Å². The highest BCUT2D eigenvalue weighted by Gasteiger charge is 2.20. The number of fused-ring (bicyclic) bond motifs is 1. The number of rotatable bonds is 2. The first-order chi connectivity index (χ1) is 9.61. The van der Waals surface area contributed by atoms with Gasteiger partial charge in [-0.15, -0.1) is 0 Å². The first-order valence-electron chi connectivity index (χ1n) is 6.85. The molecule has 1 saturated heterocycles. The fraction of sp³-hybridized carbons (Fsp3) is 0.500. The number of carbonyl (C=O) groups is 1. The molecule has 6 heteroatoms. The van der Waals surface area contributed by atoms with E-state index in [0.29, 0.717) is 11.0 Å². The van der Waals surface area contributed by atoms with Crippen molar-refractivity contribution in [2.75, 3.05) is 25.5 Å². The largest absolute Gasteiger partial charge is 0.306 e. The predicted molar refractivity (Wildman–Crippen MR) is 81.2 cm³/mol. The summed E-state index contributed by atoms with van der Waals surface area (Å²) in [7, 11) is 2.16. The SMILES string of the molecule is CC(=O)Nc1nc2nc(C3CCN(C)CC3)ccc2s1. The van der Waals surface area contributed by atoms with Gasteiger partial charge in [0.2, 0.25) is 5.91 Å². The van der Waals surface area contributed by atoms with Crippen LogP contribution in [0.1, 0.15) is 31.4 Å². The third kappa shape index (κ3) is 2.81. The number of thiazole rings is 1. The summed E-state index contributed by atoms with van der Waals surface area (Å²) in [5, 5.41) is 3.35. The second kappa shape index (κ2) is 5.46. The summed E-state index contributed by atoms with van der Waals surface area (Å²) in [6.45, 7) is 3.74. The Kier molecular flexibility index (Phi) is 3.67. The summed E-state index contributed by atoms with van der Waals surface area (Å²) in [5.41, 5.74) is 1.88. The summed E-state index contributed by atoms with van der Waals surface area (Å²) in [6, 6.07) is 4.17. The third-order valence-corrected chi connectivity index (χ3v) is 4.62. The van der Waals surface area contributed by atoms with E-state index >= 15 is 0 Å². The van der Waals surface area contributed by atoms with Crippen LogP contribution in [-0.2, 0) is 4.79 Å². The van der Waals surface area contributed by atoms with Gasteiger partial charge in [0, 0.05) is 18.5 Å². The lowest BCUT2D eigenvalue weighted by atomic mass is 9.93. The lowest BCUT2D eigenvalue weighted by Crippen LogP contribution is -2.29. The van der Waals surface area contributed by atoms with Crippen molar-refractivity contribution in [2.24, 2.45) is 0 Å². The number of anilines is 1. The number of aromatic nitrogens is 2. The molecular weight excluding hydrogens is 272 g/mol. The normalized spacial score (nSPS) is 17.5. The van der Waals surface area contributed by atoms with Gasteiger partial charge < -0.3 is 10.2 Å². The number of likely N-dealkylation sites (tertiary alicyclic amines) is 1. The maximum Gasteiger partial charge on any atom is 0.223 e. The molecule has 0 unspecified atom stereocenters. The Bertz CT molecular complexity index is 631. The molecule has 0 bridgehead atoms. The first kappa shape index (κ1) is 13.5. The van der Waals surface area contributed by atoms with E-state index in [4.69, 9.17) is 0 Å². The zero-order chi connectivity index (χ0) is 14.1. The highest BCUT2D eigenvalue weighted by atomic mass is 32.1. The number of nitrogens with one attached hydrogen (secondary N) is 1. The maximum absolute atomic E-state index is 11.1. The van der Waals surface area contributed by atoms with E-state index in [0.717, 1.165) is 42.0 Å². The standard InChI is InChI=1S/C14H18N4OS/c1-9(19)15-14-17-13-12(20-14)4-3-11(16-13)10-5-7-18(2)8-6-10/h3-4,10H,5-8H2,1-2H3,(H,15,16,17,19). The van der Waals surface area contributed by atoms with E-state index in [2.05, 4.69) is 39.4 Å². The lowest BCUT2D eigenvalue weighted by Gasteiger charge is -2.28. The van der Waals surface area contributed by atoms with Crippen molar-refractivity contribution in [1.29, 1.82) is 0 Å². The summed E-state index contributed by atoms with van der Waals surface area (Å²) in [6.07, 6.45) is 2.30. The molecule has 0 aliphatic carbocycles. The predicted octanol–water partition coefficient (Wildman–Crippen LogP) is 2.46. The zero-order valence-electron chi connectivity index (χ0n) is 11.7. The Morgan fingerprint density at radius 1 is 1.35 bits per heavy atom. The lowest BCUT2D eigenvalue weighted by molar-refractivity contribution is -0.114. The average Bonchev–Trinajstić information content (AvgIpc) is 2.79. The number of nitrogens with zero attached hydrogens (tertiary/aromatic N) is 3. The molecule has 1 fully saturated rings.